The van der Waals surface area contributed by atoms with E-state index >= 15 is 0 Å². The van der Waals surface area contributed by atoms with Gasteiger partial charge in [-0.15, -0.1) is 0 Å². The van der Waals surface area contributed by atoms with Gasteiger partial charge in [-0.3, -0.25) is 14.5 Å². The largest absolute Gasteiger partial charge is 0.422 e. The van der Waals surface area contributed by atoms with E-state index in [1.165, 1.54) is 0 Å². The molecule has 1 aliphatic heterocycles. The number of ether oxygens (including phenoxy) is 1. The average Bonchev–Trinajstić information content (AvgIpc) is 3.04. The summed E-state index contributed by atoms with van der Waals surface area (Å²) in [7, 11) is 0. The van der Waals surface area contributed by atoms with Crippen LogP contribution in [0, 0.1) is 0 Å². The predicted molar refractivity (Wildman–Crippen MR) is 126 cm³/mol. The van der Waals surface area contributed by atoms with Gasteiger partial charge in [0, 0.05) is 15.6 Å². The second-order valence-corrected chi connectivity index (χ2v) is 8.63. The van der Waals surface area contributed by atoms with E-state index in [1.54, 1.807) is 78.9 Å². The SMILES string of the molecule is O=C(Oc1ccccc1/C=C1\SC(=O)N(Cc2ccccc2Cl)C1=O)c1ccc(Cl)cc1. The first-order valence-corrected chi connectivity index (χ1v) is 11.0. The lowest BCUT2D eigenvalue weighted by molar-refractivity contribution is -0.123. The Balaban J connectivity index is 1.56. The van der Waals surface area contributed by atoms with Crippen LogP contribution >= 0.6 is 35.0 Å². The minimum Gasteiger partial charge on any atom is -0.422 e. The van der Waals surface area contributed by atoms with Crippen LogP contribution in [-0.4, -0.2) is 22.0 Å². The molecule has 1 aliphatic rings. The summed E-state index contributed by atoms with van der Waals surface area (Å²) in [6, 6.07) is 20.1. The van der Waals surface area contributed by atoms with Crippen molar-refractivity contribution in [1.29, 1.82) is 0 Å². The number of esters is 1. The molecule has 0 spiro atoms. The maximum Gasteiger partial charge on any atom is 0.343 e. The van der Waals surface area contributed by atoms with E-state index in [1.807, 2.05) is 0 Å². The van der Waals surface area contributed by atoms with Crippen molar-refractivity contribution in [3.8, 4) is 5.75 Å². The highest BCUT2D eigenvalue weighted by atomic mass is 35.5. The van der Waals surface area contributed by atoms with Crippen molar-refractivity contribution in [2.24, 2.45) is 0 Å². The van der Waals surface area contributed by atoms with Crippen LogP contribution in [0.15, 0.2) is 77.7 Å². The number of imide groups is 1. The Hall–Kier alpha value is -3.06. The van der Waals surface area contributed by atoms with Gasteiger partial charge >= 0.3 is 5.97 Å². The fourth-order valence-corrected chi connectivity index (χ4v) is 4.16. The molecule has 32 heavy (non-hydrogen) atoms. The van der Waals surface area contributed by atoms with Gasteiger partial charge in [0.05, 0.1) is 17.0 Å². The second kappa shape index (κ2) is 9.61. The van der Waals surface area contributed by atoms with Crippen molar-refractivity contribution in [3.05, 3.63) is 104 Å². The summed E-state index contributed by atoms with van der Waals surface area (Å²) in [5.74, 6) is -0.724. The first kappa shape index (κ1) is 22.1. The molecule has 0 aromatic heterocycles. The number of benzene rings is 3. The zero-order valence-electron chi connectivity index (χ0n) is 16.5. The van der Waals surface area contributed by atoms with Gasteiger partial charge in [0.2, 0.25) is 0 Å². The average molecular weight is 484 g/mol. The van der Waals surface area contributed by atoms with Gasteiger partial charge in [0.25, 0.3) is 11.1 Å². The topological polar surface area (TPSA) is 63.7 Å². The monoisotopic (exact) mass is 483 g/mol. The van der Waals surface area contributed by atoms with E-state index < -0.39 is 17.1 Å². The number of halogens is 2. The Morgan fingerprint density at radius 1 is 0.938 bits per heavy atom. The molecule has 3 aromatic carbocycles. The van der Waals surface area contributed by atoms with E-state index in [0.717, 1.165) is 16.7 Å². The van der Waals surface area contributed by atoms with Crippen LogP contribution in [0.5, 0.6) is 5.75 Å². The van der Waals surface area contributed by atoms with Crippen LogP contribution in [0.3, 0.4) is 0 Å². The molecule has 0 unspecified atom stereocenters. The van der Waals surface area contributed by atoms with E-state index in [-0.39, 0.29) is 17.2 Å². The Morgan fingerprint density at radius 3 is 2.38 bits per heavy atom. The number of rotatable bonds is 5. The van der Waals surface area contributed by atoms with Crippen molar-refractivity contribution < 1.29 is 19.1 Å². The molecule has 1 saturated heterocycles. The fourth-order valence-electron chi connectivity index (χ4n) is 3.01. The Bertz CT molecular complexity index is 1240. The quantitative estimate of drug-likeness (QED) is 0.237. The number of hydrogen-bond donors (Lipinski definition) is 0. The molecule has 3 aromatic rings. The van der Waals surface area contributed by atoms with E-state index in [2.05, 4.69) is 0 Å². The van der Waals surface area contributed by atoms with Crippen molar-refractivity contribution in [2.45, 2.75) is 6.54 Å². The summed E-state index contributed by atoms with van der Waals surface area (Å²) in [5, 5.41) is 0.598. The summed E-state index contributed by atoms with van der Waals surface area (Å²) in [4.78, 5) is 39.2. The number of amides is 2. The lowest BCUT2D eigenvalue weighted by Gasteiger charge is -2.13. The van der Waals surface area contributed by atoms with Crippen LogP contribution in [0.25, 0.3) is 6.08 Å². The Kier molecular flexibility index (Phi) is 6.65. The molecule has 8 heteroatoms. The maximum atomic E-state index is 12.9. The minimum absolute atomic E-state index is 0.0783. The molecule has 4 rings (SSSR count). The van der Waals surface area contributed by atoms with Gasteiger partial charge in [-0.1, -0.05) is 59.6 Å². The summed E-state index contributed by atoms with van der Waals surface area (Å²) < 4.78 is 5.52. The number of carbonyl (C=O) groups excluding carboxylic acids is 3. The first-order valence-electron chi connectivity index (χ1n) is 9.48. The number of thioether (sulfide) groups is 1. The van der Waals surface area contributed by atoms with Crippen molar-refractivity contribution in [3.63, 3.8) is 0 Å². The molecule has 2 amide bonds. The normalized spacial score (nSPS) is 14.8. The third-order valence-electron chi connectivity index (χ3n) is 4.65. The molecule has 1 fully saturated rings. The smallest absolute Gasteiger partial charge is 0.343 e. The van der Waals surface area contributed by atoms with Gasteiger partial charge in [-0.05, 0) is 59.8 Å². The van der Waals surface area contributed by atoms with E-state index in [0.29, 0.717) is 26.7 Å². The van der Waals surface area contributed by atoms with Crippen LogP contribution in [0.1, 0.15) is 21.5 Å². The van der Waals surface area contributed by atoms with Crippen LogP contribution in [0.2, 0.25) is 10.0 Å². The molecule has 0 atom stereocenters. The van der Waals surface area contributed by atoms with Crippen molar-refractivity contribution in [2.75, 3.05) is 0 Å². The first-order chi connectivity index (χ1) is 15.4. The molecule has 0 bridgehead atoms. The van der Waals surface area contributed by atoms with Crippen molar-refractivity contribution >= 4 is 58.2 Å². The minimum atomic E-state index is -0.561. The van der Waals surface area contributed by atoms with Gasteiger partial charge in [-0.2, -0.15) is 0 Å². The van der Waals surface area contributed by atoms with E-state index in [9.17, 15) is 14.4 Å². The van der Waals surface area contributed by atoms with Gasteiger partial charge in [0.15, 0.2) is 0 Å². The molecule has 1 heterocycles. The highest BCUT2D eigenvalue weighted by Gasteiger charge is 2.35. The van der Waals surface area contributed by atoms with Gasteiger partial charge in [0.1, 0.15) is 5.75 Å². The van der Waals surface area contributed by atoms with Crippen LogP contribution in [0.4, 0.5) is 4.79 Å². The third kappa shape index (κ3) is 4.88. The molecule has 0 radical (unpaired) electrons. The zero-order valence-corrected chi connectivity index (χ0v) is 18.8. The van der Waals surface area contributed by atoms with Crippen molar-refractivity contribution in [1.82, 2.24) is 4.90 Å². The number of para-hydroxylation sites is 1. The number of nitrogens with zero attached hydrogens (tertiary/aromatic N) is 1. The molecule has 0 N–H and O–H groups in total. The van der Waals surface area contributed by atoms with Crippen LogP contribution < -0.4 is 4.74 Å². The summed E-state index contributed by atoms with van der Waals surface area (Å²) in [6.07, 6.45) is 1.54. The third-order valence-corrected chi connectivity index (χ3v) is 6.18. The fraction of sp³-hybridized carbons (Fsp3) is 0.0417. The molecular weight excluding hydrogens is 469 g/mol. The van der Waals surface area contributed by atoms with Crippen LogP contribution in [-0.2, 0) is 11.3 Å². The second-order valence-electron chi connectivity index (χ2n) is 6.79. The predicted octanol–water partition coefficient (Wildman–Crippen LogP) is 6.45. The number of hydrogen-bond acceptors (Lipinski definition) is 5. The highest BCUT2D eigenvalue weighted by Crippen LogP contribution is 2.35. The maximum absolute atomic E-state index is 12.9. The molecule has 0 aliphatic carbocycles. The highest BCUT2D eigenvalue weighted by molar-refractivity contribution is 8.18. The lowest BCUT2D eigenvalue weighted by atomic mass is 10.1. The Labute approximate surface area is 198 Å². The number of carbonyl (C=O) groups is 3. The molecule has 160 valence electrons. The van der Waals surface area contributed by atoms with E-state index in [4.69, 9.17) is 27.9 Å². The molecule has 0 saturated carbocycles. The standard InChI is InChI=1S/C24H15Cl2NO4S/c25-18-11-9-15(10-12-18)23(29)31-20-8-4-2-5-16(20)13-21-22(28)27(24(30)32-21)14-17-6-1-3-7-19(17)26/h1-13H,14H2/b21-13-. The van der Waals surface area contributed by atoms with Gasteiger partial charge in [-0.25, -0.2) is 4.79 Å². The Morgan fingerprint density at radius 2 is 1.62 bits per heavy atom. The van der Waals surface area contributed by atoms with Gasteiger partial charge < -0.3 is 4.74 Å². The lowest BCUT2D eigenvalue weighted by Crippen LogP contribution is -2.27. The molecular formula is C24H15Cl2NO4S. The zero-order chi connectivity index (χ0) is 22.7. The summed E-state index contributed by atoms with van der Waals surface area (Å²) in [6.45, 7) is 0.0783. The summed E-state index contributed by atoms with van der Waals surface area (Å²) in [5.41, 5.74) is 1.51. The summed E-state index contributed by atoms with van der Waals surface area (Å²) >= 11 is 12.9. The molecule has 5 nitrogen and oxygen atoms in total.